The van der Waals surface area contributed by atoms with E-state index in [1.807, 2.05) is 0 Å². The number of alkyl halides is 3. The van der Waals surface area contributed by atoms with E-state index in [9.17, 15) is 17.4 Å². The van der Waals surface area contributed by atoms with E-state index in [0.717, 1.165) is 12.3 Å². The summed E-state index contributed by atoms with van der Waals surface area (Å²) in [4.78, 5) is 5.52. The van der Waals surface area contributed by atoms with E-state index in [0.29, 0.717) is 30.4 Å². The molecular formula is C10H10ClF3N2OS. The second-order valence-corrected chi connectivity index (χ2v) is 5.97. The van der Waals surface area contributed by atoms with Gasteiger partial charge in [0.25, 0.3) is 0 Å². The molecule has 8 heteroatoms. The van der Waals surface area contributed by atoms with Crippen molar-refractivity contribution in [1.82, 2.24) is 4.98 Å². The molecule has 0 bridgehead atoms. The lowest BCUT2D eigenvalue weighted by atomic mass is 10.2. The molecule has 0 N–H and O–H groups in total. The predicted octanol–water partition coefficient (Wildman–Crippen LogP) is 2.32. The summed E-state index contributed by atoms with van der Waals surface area (Å²) in [6.07, 6.45) is -3.68. The van der Waals surface area contributed by atoms with Crippen molar-refractivity contribution in [3.8, 4) is 0 Å². The first kappa shape index (κ1) is 13.6. The van der Waals surface area contributed by atoms with Gasteiger partial charge in [-0.2, -0.15) is 13.2 Å². The Morgan fingerprint density at radius 1 is 1.33 bits per heavy atom. The van der Waals surface area contributed by atoms with Crippen molar-refractivity contribution in [2.75, 3.05) is 29.5 Å². The molecule has 1 aliphatic rings. The molecule has 1 aromatic heterocycles. The van der Waals surface area contributed by atoms with Gasteiger partial charge < -0.3 is 4.90 Å². The standard InChI is InChI=1S/C10H10ClF3N2OS/c11-8-5-7(10(12,13)14)6-15-9(8)16-1-3-18(17)4-2-16/h5-6H,1-4H2. The molecule has 2 rings (SSSR count). The molecular weight excluding hydrogens is 289 g/mol. The topological polar surface area (TPSA) is 33.2 Å². The van der Waals surface area contributed by atoms with Crippen molar-refractivity contribution in [1.29, 1.82) is 0 Å². The van der Waals surface area contributed by atoms with Crippen LogP contribution in [0, 0.1) is 0 Å². The summed E-state index contributed by atoms with van der Waals surface area (Å²) in [6, 6.07) is 0.870. The summed E-state index contributed by atoms with van der Waals surface area (Å²) < 4.78 is 48.5. The van der Waals surface area contributed by atoms with Crippen LogP contribution in [-0.2, 0) is 17.0 Å². The Bertz CT molecular complexity index is 471. The zero-order valence-corrected chi connectivity index (χ0v) is 10.8. The molecule has 3 nitrogen and oxygen atoms in total. The van der Waals surface area contributed by atoms with Crippen LogP contribution in [0.3, 0.4) is 0 Å². The maximum atomic E-state index is 12.4. The lowest BCUT2D eigenvalue weighted by Gasteiger charge is -2.28. The van der Waals surface area contributed by atoms with E-state index < -0.39 is 22.5 Å². The van der Waals surface area contributed by atoms with E-state index in [2.05, 4.69) is 4.98 Å². The maximum Gasteiger partial charge on any atom is 0.417 e. The van der Waals surface area contributed by atoms with Crippen LogP contribution in [0.25, 0.3) is 0 Å². The summed E-state index contributed by atoms with van der Waals surface area (Å²) in [7, 11) is -0.852. The Kier molecular flexibility index (Phi) is 3.82. The van der Waals surface area contributed by atoms with Gasteiger partial charge in [0.1, 0.15) is 5.82 Å². The quantitative estimate of drug-likeness (QED) is 0.798. The van der Waals surface area contributed by atoms with Crippen molar-refractivity contribution >= 4 is 28.2 Å². The molecule has 0 saturated carbocycles. The molecule has 1 fully saturated rings. The van der Waals surface area contributed by atoms with Crippen molar-refractivity contribution in [2.24, 2.45) is 0 Å². The molecule has 1 saturated heterocycles. The molecule has 0 aromatic carbocycles. The van der Waals surface area contributed by atoms with Gasteiger partial charge in [-0.1, -0.05) is 11.6 Å². The second-order valence-electron chi connectivity index (χ2n) is 3.86. The first-order valence-corrected chi connectivity index (χ1v) is 7.07. The van der Waals surface area contributed by atoms with Crippen LogP contribution in [0.15, 0.2) is 12.3 Å². The van der Waals surface area contributed by atoms with Crippen LogP contribution in [0.1, 0.15) is 5.56 Å². The molecule has 0 amide bonds. The summed E-state index contributed by atoms with van der Waals surface area (Å²) in [5, 5.41) is -0.0301. The fourth-order valence-corrected chi connectivity index (χ4v) is 3.01. The summed E-state index contributed by atoms with van der Waals surface area (Å²) in [5.74, 6) is 1.29. The summed E-state index contributed by atoms with van der Waals surface area (Å²) in [5.41, 5.74) is -0.864. The first-order valence-electron chi connectivity index (χ1n) is 5.20. The van der Waals surface area contributed by atoms with Gasteiger partial charge in [0, 0.05) is 41.6 Å². The van der Waals surface area contributed by atoms with Crippen LogP contribution in [0.4, 0.5) is 19.0 Å². The van der Waals surface area contributed by atoms with Gasteiger partial charge in [0.15, 0.2) is 0 Å². The minimum absolute atomic E-state index is 0.0301. The predicted molar refractivity (Wildman–Crippen MR) is 64.3 cm³/mol. The SMILES string of the molecule is O=S1CCN(c2ncc(C(F)(F)F)cc2Cl)CC1. The number of rotatable bonds is 1. The summed E-state index contributed by atoms with van der Waals surface area (Å²) >= 11 is 5.83. The van der Waals surface area contributed by atoms with E-state index >= 15 is 0 Å². The van der Waals surface area contributed by atoms with Crippen molar-refractivity contribution < 1.29 is 17.4 Å². The molecule has 18 heavy (non-hydrogen) atoms. The highest BCUT2D eigenvalue weighted by atomic mass is 35.5. The fourth-order valence-electron chi connectivity index (χ4n) is 1.67. The van der Waals surface area contributed by atoms with Crippen LogP contribution in [0.5, 0.6) is 0 Å². The van der Waals surface area contributed by atoms with Crippen molar-refractivity contribution in [3.05, 3.63) is 22.8 Å². The fraction of sp³-hybridized carbons (Fsp3) is 0.500. The van der Waals surface area contributed by atoms with Crippen LogP contribution >= 0.6 is 11.6 Å². The Balaban J connectivity index is 2.22. The van der Waals surface area contributed by atoms with Crippen molar-refractivity contribution in [3.63, 3.8) is 0 Å². The lowest BCUT2D eigenvalue weighted by Crippen LogP contribution is -2.38. The third kappa shape index (κ3) is 2.95. The molecule has 0 radical (unpaired) electrons. The van der Waals surface area contributed by atoms with Crippen molar-refractivity contribution in [2.45, 2.75) is 6.18 Å². The molecule has 1 aromatic rings. The highest BCUT2D eigenvalue weighted by Gasteiger charge is 2.32. The number of hydrogen-bond acceptors (Lipinski definition) is 3. The molecule has 0 aliphatic carbocycles. The van der Waals surface area contributed by atoms with Gasteiger partial charge in [0.05, 0.1) is 10.6 Å². The molecule has 1 aliphatic heterocycles. The zero-order valence-electron chi connectivity index (χ0n) is 9.21. The zero-order chi connectivity index (χ0) is 13.3. The Morgan fingerprint density at radius 3 is 2.44 bits per heavy atom. The van der Waals surface area contributed by atoms with Gasteiger partial charge in [-0.05, 0) is 6.07 Å². The summed E-state index contributed by atoms with van der Waals surface area (Å²) in [6.45, 7) is 0.982. The van der Waals surface area contributed by atoms with Gasteiger partial charge in [-0.15, -0.1) is 0 Å². The average molecular weight is 299 g/mol. The van der Waals surface area contributed by atoms with Crippen LogP contribution in [0.2, 0.25) is 5.02 Å². The van der Waals surface area contributed by atoms with Gasteiger partial charge >= 0.3 is 6.18 Å². The van der Waals surface area contributed by atoms with E-state index in [1.165, 1.54) is 0 Å². The van der Waals surface area contributed by atoms with E-state index in [4.69, 9.17) is 11.6 Å². The largest absolute Gasteiger partial charge is 0.417 e. The lowest BCUT2D eigenvalue weighted by molar-refractivity contribution is -0.137. The number of nitrogens with zero attached hydrogens (tertiary/aromatic N) is 2. The number of pyridine rings is 1. The first-order chi connectivity index (χ1) is 8.38. The Hall–Kier alpha value is -0.820. The number of anilines is 1. The third-order valence-electron chi connectivity index (χ3n) is 2.63. The third-order valence-corrected chi connectivity index (χ3v) is 4.18. The minimum atomic E-state index is -4.45. The number of halogens is 4. The molecule has 100 valence electrons. The normalized spacial score (nSPS) is 18.1. The van der Waals surface area contributed by atoms with Gasteiger partial charge in [0.2, 0.25) is 0 Å². The maximum absolute atomic E-state index is 12.4. The average Bonchev–Trinajstić information content (AvgIpc) is 2.29. The number of hydrogen-bond donors (Lipinski definition) is 0. The smallest absolute Gasteiger partial charge is 0.354 e. The van der Waals surface area contributed by atoms with Crippen LogP contribution < -0.4 is 4.90 Å². The highest BCUT2D eigenvalue weighted by Crippen LogP contribution is 2.33. The van der Waals surface area contributed by atoms with Gasteiger partial charge in [-0.25, -0.2) is 4.98 Å². The molecule has 0 spiro atoms. The number of aromatic nitrogens is 1. The molecule has 0 atom stereocenters. The molecule has 2 heterocycles. The molecule has 0 unspecified atom stereocenters. The Morgan fingerprint density at radius 2 is 1.94 bits per heavy atom. The highest BCUT2D eigenvalue weighted by molar-refractivity contribution is 7.85. The van der Waals surface area contributed by atoms with E-state index in [-0.39, 0.29) is 5.02 Å². The van der Waals surface area contributed by atoms with E-state index in [1.54, 1.807) is 4.90 Å². The second kappa shape index (κ2) is 5.05. The van der Waals surface area contributed by atoms with Crippen LogP contribution in [-0.4, -0.2) is 33.8 Å². The Labute approximate surface area is 109 Å². The minimum Gasteiger partial charge on any atom is -0.354 e. The van der Waals surface area contributed by atoms with Gasteiger partial charge in [-0.3, -0.25) is 4.21 Å². The monoisotopic (exact) mass is 298 g/mol.